The summed E-state index contributed by atoms with van der Waals surface area (Å²) in [5.74, 6) is 0.0795. The lowest BCUT2D eigenvalue weighted by molar-refractivity contribution is -0.121. The molecular formula is C16H22N2O2. The molecule has 0 aliphatic heterocycles. The third-order valence-corrected chi connectivity index (χ3v) is 3.39. The Morgan fingerprint density at radius 2 is 2.00 bits per heavy atom. The Morgan fingerprint density at radius 3 is 2.85 bits per heavy atom. The van der Waals surface area contributed by atoms with Crippen LogP contribution in [0.2, 0.25) is 0 Å². The monoisotopic (exact) mass is 274 g/mol. The number of carbonyl (C=O) groups is 1. The van der Waals surface area contributed by atoms with Crippen LogP contribution in [0.1, 0.15) is 25.7 Å². The van der Waals surface area contributed by atoms with Crippen molar-refractivity contribution in [2.24, 2.45) is 0 Å². The van der Waals surface area contributed by atoms with E-state index in [0.29, 0.717) is 19.4 Å². The SMILES string of the molecule is O=C(CCCCO)NCCCn1ccc2ccccc21. The molecule has 2 aromatic rings. The van der Waals surface area contributed by atoms with Crippen LogP contribution >= 0.6 is 0 Å². The maximum absolute atomic E-state index is 11.5. The molecule has 0 saturated carbocycles. The van der Waals surface area contributed by atoms with Gasteiger partial charge in [0.05, 0.1) is 0 Å². The summed E-state index contributed by atoms with van der Waals surface area (Å²) in [6.45, 7) is 1.77. The Hall–Kier alpha value is -1.81. The van der Waals surface area contributed by atoms with E-state index < -0.39 is 0 Å². The van der Waals surface area contributed by atoms with E-state index in [1.807, 2.05) is 12.1 Å². The maximum Gasteiger partial charge on any atom is 0.219 e. The summed E-state index contributed by atoms with van der Waals surface area (Å²) in [5, 5.41) is 12.8. The highest BCUT2D eigenvalue weighted by Crippen LogP contribution is 2.15. The number of aryl methyl sites for hydroxylation is 1. The first-order valence-electron chi connectivity index (χ1n) is 7.22. The van der Waals surface area contributed by atoms with E-state index in [1.54, 1.807) is 0 Å². The van der Waals surface area contributed by atoms with Crippen LogP contribution < -0.4 is 5.32 Å². The molecule has 0 radical (unpaired) electrons. The number of benzene rings is 1. The molecule has 4 nitrogen and oxygen atoms in total. The number of hydrogen-bond donors (Lipinski definition) is 2. The molecule has 0 atom stereocenters. The van der Waals surface area contributed by atoms with Gasteiger partial charge in [0.2, 0.25) is 5.91 Å². The smallest absolute Gasteiger partial charge is 0.219 e. The van der Waals surface area contributed by atoms with Crippen molar-refractivity contribution in [3.05, 3.63) is 36.5 Å². The number of unbranched alkanes of at least 4 members (excludes halogenated alkanes) is 1. The van der Waals surface area contributed by atoms with Crippen LogP contribution in [0.3, 0.4) is 0 Å². The van der Waals surface area contributed by atoms with Gasteiger partial charge in [-0.25, -0.2) is 0 Å². The van der Waals surface area contributed by atoms with E-state index in [-0.39, 0.29) is 12.5 Å². The Morgan fingerprint density at radius 1 is 1.15 bits per heavy atom. The highest BCUT2D eigenvalue weighted by molar-refractivity contribution is 5.79. The third kappa shape index (κ3) is 4.10. The molecule has 0 aliphatic carbocycles. The standard InChI is InChI=1S/C16H22N2O2/c19-13-4-3-8-16(20)17-10-5-11-18-12-9-14-6-1-2-7-15(14)18/h1-2,6-7,9,12,19H,3-5,8,10-11,13H2,(H,17,20). The number of aliphatic hydroxyl groups is 1. The normalized spacial score (nSPS) is 10.8. The van der Waals surface area contributed by atoms with Crippen LogP contribution in [-0.4, -0.2) is 28.7 Å². The molecule has 0 bridgehead atoms. The first-order valence-corrected chi connectivity index (χ1v) is 7.22. The van der Waals surface area contributed by atoms with Crippen LogP contribution in [0.5, 0.6) is 0 Å². The number of nitrogens with zero attached hydrogens (tertiary/aromatic N) is 1. The third-order valence-electron chi connectivity index (χ3n) is 3.39. The van der Waals surface area contributed by atoms with Gasteiger partial charge < -0.3 is 15.0 Å². The van der Waals surface area contributed by atoms with Crippen LogP contribution in [0.4, 0.5) is 0 Å². The van der Waals surface area contributed by atoms with Crippen LogP contribution in [0.15, 0.2) is 36.5 Å². The topological polar surface area (TPSA) is 54.3 Å². The average Bonchev–Trinajstić information content (AvgIpc) is 2.87. The van der Waals surface area contributed by atoms with Gasteiger partial charge in [-0.3, -0.25) is 4.79 Å². The van der Waals surface area contributed by atoms with Gasteiger partial charge in [0.25, 0.3) is 0 Å². The minimum Gasteiger partial charge on any atom is -0.396 e. The van der Waals surface area contributed by atoms with Crippen LogP contribution in [0, 0.1) is 0 Å². The molecule has 1 aromatic heterocycles. The number of aromatic nitrogens is 1. The number of fused-ring (bicyclic) bond motifs is 1. The summed E-state index contributed by atoms with van der Waals surface area (Å²) in [6.07, 6.45) is 4.97. The fourth-order valence-corrected chi connectivity index (χ4v) is 2.30. The molecule has 1 amide bonds. The molecule has 1 heterocycles. The quantitative estimate of drug-likeness (QED) is 0.726. The van der Waals surface area contributed by atoms with Gasteiger partial charge in [-0.2, -0.15) is 0 Å². The van der Waals surface area contributed by atoms with Crippen molar-refractivity contribution in [3.8, 4) is 0 Å². The van der Waals surface area contributed by atoms with E-state index in [1.165, 1.54) is 10.9 Å². The van der Waals surface area contributed by atoms with E-state index in [2.05, 4.69) is 34.3 Å². The van der Waals surface area contributed by atoms with Gasteiger partial charge in [-0.05, 0) is 36.8 Å². The van der Waals surface area contributed by atoms with Gasteiger partial charge in [0, 0.05) is 37.8 Å². The Kier molecular flexibility index (Phi) is 5.62. The molecular weight excluding hydrogens is 252 g/mol. The largest absolute Gasteiger partial charge is 0.396 e. The summed E-state index contributed by atoms with van der Waals surface area (Å²) in [6, 6.07) is 10.4. The lowest BCUT2D eigenvalue weighted by Crippen LogP contribution is -2.24. The number of amides is 1. The molecule has 2 rings (SSSR count). The number of aliphatic hydroxyl groups excluding tert-OH is 1. The minimum absolute atomic E-state index is 0.0795. The van der Waals surface area contributed by atoms with Gasteiger partial charge >= 0.3 is 0 Å². The molecule has 1 aromatic carbocycles. The van der Waals surface area contributed by atoms with Gasteiger partial charge in [-0.15, -0.1) is 0 Å². The van der Waals surface area contributed by atoms with Crippen molar-refractivity contribution < 1.29 is 9.90 Å². The maximum atomic E-state index is 11.5. The predicted molar refractivity (Wildman–Crippen MR) is 80.5 cm³/mol. The lowest BCUT2D eigenvalue weighted by atomic mass is 10.2. The summed E-state index contributed by atoms with van der Waals surface area (Å²) < 4.78 is 2.22. The highest BCUT2D eigenvalue weighted by atomic mass is 16.2. The predicted octanol–water partition coefficient (Wildman–Crippen LogP) is 2.31. The number of hydrogen-bond acceptors (Lipinski definition) is 2. The van der Waals surface area contributed by atoms with Crippen molar-refractivity contribution in [1.29, 1.82) is 0 Å². The van der Waals surface area contributed by atoms with Gasteiger partial charge in [-0.1, -0.05) is 18.2 Å². The van der Waals surface area contributed by atoms with E-state index in [9.17, 15) is 4.79 Å². The molecule has 0 aliphatic rings. The lowest BCUT2D eigenvalue weighted by Gasteiger charge is -2.07. The van der Waals surface area contributed by atoms with Crippen LogP contribution in [0.25, 0.3) is 10.9 Å². The first-order chi connectivity index (χ1) is 9.81. The second-order valence-corrected chi connectivity index (χ2v) is 4.95. The molecule has 0 fully saturated rings. The molecule has 2 N–H and O–H groups in total. The fourth-order valence-electron chi connectivity index (χ4n) is 2.30. The number of para-hydroxylation sites is 1. The number of nitrogens with one attached hydrogen (secondary N) is 1. The number of carbonyl (C=O) groups excluding carboxylic acids is 1. The zero-order valence-corrected chi connectivity index (χ0v) is 11.7. The van der Waals surface area contributed by atoms with E-state index in [0.717, 1.165) is 19.4 Å². The Labute approximate surface area is 119 Å². The van der Waals surface area contributed by atoms with Crippen molar-refractivity contribution in [2.45, 2.75) is 32.2 Å². The number of rotatable bonds is 8. The van der Waals surface area contributed by atoms with Crippen molar-refractivity contribution in [1.82, 2.24) is 9.88 Å². The van der Waals surface area contributed by atoms with Gasteiger partial charge in [0.15, 0.2) is 0 Å². The summed E-state index contributed by atoms with van der Waals surface area (Å²) in [7, 11) is 0. The van der Waals surface area contributed by atoms with Crippen molar-refractivity contribution in [2.75, 3.05) is 13.2 Å². The molecule has 0 spiro atoms. The highest BCUT2D eigenvalue weighted by Gasteiger charge is 2.02. The van der Waals surface area contributed by atoms with Crippen LogP contribution in [-0.2, 0) is 11.3 Å². The van der Waals surface area contributed by atoms with E-state index in [4.69, 9.17) is 5.11 Å². The van der Waals surface area contributed by atoms with Gasteiger partial charge in [0.1, 0.15) is 0 Å². The summed E-state index contributed by atoms with van der Waals surface area (Å²) in [4.78, 5) is 11.5. The molecule has 20 heavy (non-hydrogen) atoms. The molecule has 4 heteroatoms. The Balaban J connectivity index is 1.70. The molecule has 0 saturated heterocycles. The zero-order valence-electron chi connectivity index (χ0n) is 11.7. The average molecular weight is 274 g/mol. The molecule has 0 unspecified atom stereocenters. The Bertz CT molecular complexity index is 548. The van der Waals surface area contributed by atoms with E-state index >= 15 is 0 Å². The second kappa shape index (κ2) is 7.70. The van der Waals surface area contributed by atoms with Crippen molar-refractivity contribution >= 4 is 16.8 Å². The fraction of sp³-hybridized carbons (Fsp3) is 0.438. The zero-order chi connectivity index (χ0) is 14.2. The molecule has 108 valence electrons. The first kappa shape index (κ1) is 14.6. The second-order valence-electron chi connectivity index (χ2n) is 4.95. The minimum atomic E-state index is 0.0795. The summed E-state index contributed by atoms with van der Waals surface area (Å²) in [5.41, 5.74) is 1.24. The van der Waals surface area contributed by atoms with Crippen molar-refractivity contribution in [3.63, 3.8) is 0 Å². The summed E-state index contributed by atoms with van der Waals surface area (Å²) >= 11 is 0.